The summed E-state index contributed by atoms with van der Waals surface area (Å²) >= 11 is 6.28. The SMILES string of the molecule is COCCn1ccc2cc(Nc3cnn(CCN(C)C)c(=O)c3Cl)ccc21. The molecule has 0 aliphatic heterocycles. The van der Waals surface area contributed by atoms with Crippen LogP contribution in [-0.2, 0) is 17.8 Å². The summed E-state index contributed by atoms with van der Waals surface area (Å²) in [6.45, 7) is 2.67. The monoisotopic (exact) mass is 389 g/mol. The Hall–Kier alpha value is -2.35. The zero-order valence-electron chi connectivity index (χ0n) is 15.8. The lowest BCUT2D eigenvalue weighted by Crippen LogP contribution is -2.29. The predicted molar refractivity (Wildman–Crippen MR) is 109 cm³/mol. The van der Waals surface area contributed by atoms with Crippen LogP contribution in [0.1, 0.15) is 0 Å². The summed E-state index contributed by atoms with van der Waals surface area (Å²) < 4.78 is 8.67. The van der Waals surface area contributed by atoms with E-state index in [1.807, 2.05) is 43.4 Å². The molecular weight excluding hydrogens is 366 g/mol. The van der Waals surface area contributed by atoms with E-state index in [4.69, 9.17) is 16.3 Å². The Bertz CT molecular complexity index is 980. The quantitative estimate of drug-likeness (QED) is 0.641. The van der Waals surface area contributed by atoms with E-state index in [0.717, 1.165) is 23.1 Å². The van der Waals surface area contributed by atoms with Crippen molar-refractivity contribution in [3.63, 3.8) is 0 Å². The largest absolute Gasteiger partial charge is 0.383 e. The van der Waals surface area contributed by atoms with Crippen LogP contribution >= 0.6 is 11.6 Å². The van der Waals surface area contributed by atoms with Crippen LogP contribution in [0.3, 0.4) is 0 Å². The second-order valence-corrected chi connectivity index (χ2v) is 6.98. The fourth-order valence-electron chi connectivity index (χ4n) is 2.82. The summed E-state index contributed by atoms with van der Waals surface area (Å²) in [7, 11) is 5.59. The minimum atomic E-state index is -0.296. The Morgan fingerprint density at radius 3 is 2.81 bits per heavy atom. The molecule has 0 unspecified atom stereocenters. The molecule has 0 aliphatic carbocycles. The van der Waals surface area contributed by atoms with Crippen molar-refractivity contribution in [2.75, 3.05) is 39.7 Å². The van der Waals surface area contributed by atoms with Crippen molar-refractivity contribution in [2.45, 2.75) is 13.1 Å². The average molecular weight is 390 g/mol. The third-order valence-corrected chi connectivity index (χ3v) is 4.70. The van der Waals surface area contributed by atoms with Crippen LogP contribution in [-0.4, -0.2) is 53.6 Å². The van der Waals surface area contributed by atoms with Gasteiger partial charge < -0.3 is 19.5 Å². The number of hydrogen-bond acceptors (Lipinski definition) is 5. The van der Waals surface area contributed by atoms with Gasteiger partial charge in [0.1, 0.15) is 5.02 Å². The molecule has 1 aromatic carbocycles. The molecular formula is C19H24ClN5O2. The zero-order valence-corrected chi connectivity index (χ0v) is 16.5. The number of anilines is 2. The van der Waals surface area contributed by atoms with Crippen molar-refractivity contribution >= 4 is 33.9 Å². The number of aromatic nitrogens is 3. The van der Waals surface area contributed by atoms with Crippen molar-refractivity contribution in [2.24, 2.45) is 0 Å². The minimum Gasteiger partial charge on any atom is -0.383 e. The van der Waals surface area contributed by atoms with Crippen LogP contribution in [0, 0.1) is 0 Å². The number of nitrogens with zero attached hydrogens (tertiary/aromatic N) is 4. The molecule has 27 heavy (non-hydrogen) atoms. The van der Waals surface area contributed by atoms with Gasteiger partial charge in [-0.2, -0.15) is 5.10 Å². The van der Waals surface area contributed by atoms with E-state index in [1.165, 1.54) is 4.68 Å². The maximum absolute atomic E-state index is 12.4. The molecule has 2 aromatic heterocycles. The molecule has 0 aliphatic rings. The summed E-state index contributed by atoms with van der Waals surface area (Å²) in [5.41, 5.74) is 2.18. The standard InChI is InChI=1S/C19H24ClN5O2/c1-23(2)8-9-25-19(26)18(20)16(13-21-25)22-15-4-5-17-14(12-15)6-7-24(17)10-11-27-3/h4-7,12-13,22H,8-11H2,1-3H3. The molecule has 8 heteroatoms. The number of fused-ring (bicyclic) bond motifs is 1. The number of ether oxygens (including phenoxy) is 1. The fraction of sp³-hybridized carbons (Fsp3) is 0.368. The average Bonchev–Trinajstić information content (AvgIpc) is 3.05. The van der Waals surface area contributed by atoms with Crippen molar-refractivity contribution in [1.29, 1.82) is 0 Å². The molecule has 3 aromatic rings. The van der Waals surface area contributed by atoms with Gasteiger partial charge in [0.25, 0.3) is 5.56 Å². The lowest BCUT2D eigenvalue weighted by molar-refractivity contribution is 0.188. The van der Waals surface area contributed by atoms with Gasteiger partial charge in [-0.1, -0.05) is 11.6 Å². The normalized spacial score (nSPS) is 11.4. The summed E-state index contributed by atoms with van der Waals surface area (Å²) in [4.78, 5) is 14.4. The number of methoxy groups -OCH3 is 1. The van der Waals surface area contributed by atoms with Gasteiger partial charge in [0.05, 0.1) is 25.0 Å². The molecule has 1 N–H and O–H groups in total. The summed E-state index contributed by atoms with van der Waals surface area (Å²) in [6, 6.07) is 8.06. The first-order valence-corrected chi connectivity index (χ1v) is 9.12. The van der Waals surface area contributed by atoms with Gasteiger partial charge >= 0.3 is 0 Å². The first kappa shape index (κ1) is 19.4. The van der Waals surface area contributed by atoms with Crippen molar-refractivity contribution in [3.8, 4) is 0 Å². The Morgan fingerprint density at radius 1 is 1.26 bits per heavy atom. The van der Waals surface area contributed by atoms with Crippen LogP contribution in [0.25, 0.3) is 10.9 Å². The van der Waals surface area contributed by atoms with E-state index in [0.29, 0.717) is 25.4 Å². The third kappa shape index (κ3) is 4.50. The summed E-state index contributed by atoms with van der Waals surface area (Å²) in [5.74, 6) is 0. The molecule has 0 spiro atoms. The highest BCUT2D eigenvalue weighted by Crippen LogP contribution is 2.25. The predicted octanol–water partition coefficient (Wildman–Crippen LogP) is 2.80. The van der Waals surface area contributed by atoms with Crippen molar-refractivity contribution in [3.05, 3.63) is 52.0 Å². The first-order chi connectivity index (χ1) is 13.0. The van der Waals surface area contributed by atoms with Gasteiger partial charge in [0, 0.05) is 43.0 Å². The fourth-order valence-corrected chi connectivity index (χ4v) is 3.02. The van der Waals surface area contributed by atoms with Crippen LogP contribution < -0.4 is 10.9 Å². The highest BCUT2D eigenvalue weighted by atomic mass is 35.5. The lowest BCUT2D eigenvalue weighted by Gasteiger charge is -2.13. The van der Waals surface area contributed by atoms with Gasteiger partial charge in [0.15, 0.2) is 0 Å². The number of rotatable bonds is 8. The molecule has 0 amide bonds. The lowest BCUT2D eigenvalue weighted by atomic mass is 10.2. The van der Waals surface area contributed by atoms with E-state index in [9.17, 15) is 4.79 Å². The highest BCUT2D eigenvalue weighted by molar-refractivity contribution is 6.33. The van der Waals surface area contributed by atoms with Crippen LogP contribution in [0.2, 0.25) is 5.02 Å². The molecule has 0 radical (unpaired) electrons. The Kier molecular flexibility index (Phi) is 6.15. The van der Waals surface area contributed by atoms with E-state index in [2.05, 4.69) is 21.0 Å². The molecule has 0 saturated carbocycles. The van der Waals surface area contributed by atoms with Crippen LogP contribution in [0.5, 0.6) is 0 Å². The number of halogens is 1. The number of likely N-dealkylation sites (N-methyl/N-ethyl adjacent to an activating group) is 1. The molecule has 0 saturated heterocycles. The molecule has 2 heterocycles. The van der Waals surface area contributed by atoms with E-state index in [1.54, 1.807) is 13.3 Å². The topological polar surface area (TPSA) is 64.3 Å². The molecule has 0 bridgehead atoms. The second-order valence-electron chi connectivity index (χ2n) is 6.60. The maximum Gasteiger partial charge on any atom is 0.287 e. The first-order valence-electron chi connectivity index (χ1n) is 8.75. The smallest absolute Gasteiger partial charge is 0.287 e. The number of benzene rings is 1. The van der Waals surface area contributed by atoms with Gasteiger partial charge in [-0.25, -0.2) is 4.68 Å². The second kappa shape index (κ2) is 8.56. The molecule has 3 rings (SSSR count). The van der Waals surface area contributed by atoms with Crippen molar-refractivity contribution in [1.82, 2.24) is 19.2 Å². The summed E-state index contributed by atoms with van der Waals surface area (Å²) in [6.07, 6.45) is 3.63. The summed E-state index contributed by atoms with van der Waals surface area (Å²) in [5, 5.41) is 8.65. The zero-order chi connectivity index (χ0) is 19.4. The van der Waals surface area contributed by atoms with Crippen molar-refractivity contribution < 1.29 is 4.74 Å². The molecule has 7 nitrogen and oxygen atoms in total. The van der Waals surface area contributed by atoms with E-state index in [-0.39, 0.29) is 10.6 Å². The number of nitrogens with one attached hydrogen (secondary N) is 1. The molecule has 0 atom stereocenters. The van der Waals surface area contributed by atoms with Gasteiger partial charge in [-0.05, 0) is 38.4 Å². The maximum atomic E-state index is 12.4. The molecule has 0 fully saturated rings. The van der Waals surface area contributed by atoms with Crippen LogP contribution in [0.15, 0.2) is 41.5 Å². The minimum absolute atomic E-state index is 0.140. The van der Waals surface area contributed by atoms with Gasteiger partial charge in [0.2, 0.25) is 0 Å². The van der Waals surface area contributed by atoms with Crippen LogP contribution in [0.4, 0.5) is 11.4 Å². The third-order valence-electron chi connectivity index (χ3n) is 4.33. The van der Waals surface area contributed by atoms with Gasteiger partial charge in [-0.3, -0.25) is 4.79 Å². The molecule has 144 valence electrons. The van der Waals surface area contributed by atoms with Gasteiger partial charge in [-0.15, -0.1) is 0 Å². The Balaban J connectivity index is 1.80. The van der Waals surface area contributed by atoms with E-state index >= 15 is 0 Å². The number of hydrogen-bond donors (Lipinski definition) is 1. The van der Waals surface area contributed by atoms with E-state index < -0.39 is 0 Å². The Labute approximate surface area is 163 Å². The Morgan fingerprint density at radius 2 is 2.07 bits per heavy atom. The highest BCUT2D eigenvalue weighted by Gasteiger charge is 2.10.